The molecule has 0 aliphatic carbocycles. The first-order chi connectivity index (χ1) is 4.22. The summed E-state index contributed by atoms with van der Waals surface area (Å²) in [6.07, 6.45) is 1.76. The van der Waals surface area contributed by atoms with E-state index in [0.717, 1.165) is 18.4 Å². The van der Waals surface area contributed by atoms with Crippen molar-refractivity contribution >= 4 is 0 Å². The average molecular weight is 130 g/mol. The highest BCUT2D eigenvalue weighted by atomic mass is 16.3. The summed E-state index contributed by atoms with van der Waals surface area (Å²) in [5.41, 5.74) is 11.2. The molecule has 3 heteroatoms. The Morgan fingerprint density at radius 2 is 2.00 bits per heavy atom. The van der Waals surface area contributed by atoms with Gasteiger partial charge in [0.1, 0.15) is 0 Å². The molecule has 0 fully saturated rings. The molecule has 0 atom stereocenters. The van der Waals surface area contributed by atoms with Crippen molar-refractivity contribution in [2.24, 2.45) is 11.5 Å². The van der Waals surface area contributed by atoms with E-state index in [1.807, 2.05) is 6.92 Å². The fourth-order valence-corrected chi connectivity index (χ4v) is 0.616. The normalized spacial score (nSPS) is 9.11. The molecule has 0 spiro atoms. The fraction of sp³-hybridized carbons (Fsp3) is 0.667. The van der Waals surface area contributed by atoms with E-state index in [1.165, 1.54) is 0 Å². The molecule has 54 valence electrons. The van der Waals surface area contributed by atoms with E-state index in [2.05, 4.69) is 0 Å². The van der Waals surface area contributed by atoms with Gasteiger partial charge in [0, 0.05) is 0 Å². The van der Waals surface area contributed by atoms with Crippen molar-refractivity contribution in [3.63, 3.8) is 0 Å². The second kappa shape index (κ2) is 4.21. The van der Waals surface area contributed by atoms with Gasteiger partial charge in [-0.1, -0.05) is 13.3 Å². The Bertz CT molecular complexity index is 106. The molecule has 5 N–H and O–H groups in total. The monoisotopic (exact) mass is 130 g/mol. The van der Waals surface area contributed by atoms with Crippen LogP contribution in [0.15, 0.2) is 11.4 Å². The standard InChI is InChI=1S/C6H14N2O/c1-2-3-5(4-9)6(7)8/h9H,2-4,7-8H2,1H3. The van der Waals surface area contributed by atoms with Crippen LogP contribution in [-0.4, -0.2) is 11.7 Å². The lowest BCUT2D eigenvalue weighted by molar-refractivity contribution is 0.324. The molecule has 0 aromatic heterocycles. The van der Waals surface area contributed by atoms with Crippen LogP contribution >= 0.6 is 0 Å². The molecule has 3 nitrogen and oxygen atoms in total. The van der Waals surface area contributed by atoms with Crippen LogP contribution in [0, 0.1) is 0 Å². The maximum absolute atomic E-state index is 8.61. The predicted molar refractivity (Wildman–Crippen MR) is 37.4 cm³/mol. The number of aliphatic hydroxyl groups is 1. The van der Waals surface area contributed by atoms with Gasteiger partial charge in [0.15, 0.2) is 0 Å². The molecule has 9 heavy (non-hydrogen) atoms. The van der Waals surface area contributed by atoms with Gasteiger partial charge in [0.2, 0.25) is 0 Å². The van der Waals surface area contributed by atoms with Gasteiger partial charge >= 0.3 is 0 Å². The highest BCUT2D eigenvalue weighted by molar-refractivity contribution is 5.07. The summed E-state index contributed by atoms with van der Waals surface area (Å²) in [7, 11) is 0. The Balaban J connectivity index is 3.83. The Hall–Kier alpha value is -0.700. The summed E-state index contributed by atoms with van der Waals surface area (Å²) in [5.74, 6) is 0.263. The quantitative estimate of drug-likeness (QED) is 0.500. The van der Waals surface area contributed by atoms with Crippen LogP contribution in [0.1, 0.15) is 19.8 Å². The molecule has 0 heterocycles. The van der Waals surface area contributed by atoms with Crippen molar-refractivity contribution in [3.05, 3.63) is 11.4 Å². The Kier molecular flexibility index (Phi) is 3.88. The molecule has 0 saturated carbocycles. The molecule has 0 bridgehead atoms. The van der Waals surface area contributed by atoms with Gasteiger partial charge in [0.25, 0.3) is 0 Å². The van der Waals surface area contributed by atoms with Crippen LogP contribution in [-0.2, 0) is 0 Å². The molecule has 0 rings (SSSR count). The van der Waals surface area contributed by atoms with Crippen molar-refractivity contribution in [3.8, 4) is 0 Å². The highest BCUT2D eigenvalue weighted by Crippen LogP contribution is 2.02. The molecular weight excluding hydrogens is 116 g/mol. The molecule has 0 radical (unpaired) electrons. The second-order valence-electron chi connectivity index (χ2n) is 1.97. The number of hydrogen-bond donors (Lipinski definition) is 3. The third-order valence-electron chi connectivity index (χ3n) is 1.15. The lowest BCUT2D eigenvalue weighted by Gasteiger charge is -2.02. The lowest BCUT2D eigenvalue weighted by atomic mass is 10.1. The molecule has 0 aromatic rings. The summed E-state index contributed by atoms with van der Waals surface area (Å²) >= 11 is 0. The highest BCUT2D eigenvalue weighted by Gasteiger charge is 1.95. The van der Waals surface area contributed by atoms with Crippen molar-refractivity contribution in [1.82, 2.24) is 0 Å². The van der Waals surface area contributed by atoms with Crippen molar-refractivity contribution in [1.29, 1.82) is 0 Å². The zero-order valence-electron chi connectivity index (χ0n) is 5.72. The van der Waals surface area contributed by atoms with Gasteiger partial charge < -0.3 is 16.6 Å². The van der Waals surface area contributed by atoms with Crippen molar-refractivity contribution in [2.45, 2.75) is 19.8 Å². The average Bonchev–Trinajstić information content (AvgIpc) is 1.82. The first kappa shape index (κ1) is 8.30. The Labute approximate surface area is 55.3 Å². The predicted octanol–water partition coefficient (Wildman–Crippen LogP) is -0.0922. The first-order valence-electron chi connectivity index (χ1n) is 3.06. The zero-order chi connectivity index (χ0) is 7.28. The van der Waals surface area contributed by atoms with Crippen LogP contribution in [0.25, 0.3) is 0 Å². The summed E-state index contributed by atoms with van der Waals surface area (Å²) in [5, 5.41) is 8.61. The van der Waals surface area contributed by atoms with E-state index in [9.17, 15) is 0 Å². The number of hydrogen-bond acceptors (Lipinski definition) is 3. The van der Waals surface area contributed by atoms with E-state index >= 15 is 0 Å². The second-order valence-corrected chi connectivity index (χ2v) is 1.97. The smallest absolute Gasteiger partial charge is 0.0948 e. The van der Waals surface area contributed by atoms with Crippen LogP contribution in [0.5, 0.6) is 0 Å². The first-order valence-corrected chi connectivity index (χ1v) is 3.06. The van der Waals surface area contributed by atoms with Gasteiger partial charge in [-0.3, -0.25) is 0 Å². The van der Waals surface area contributed by atoms with E-state index < -0.39 is 0 Å². The zero-order valence-corrected chi connectivity index (χ0v) is 5.72. The minimum Gasteiger partial charge on any atom is -0.392 e. The lowest BCUT2D eigenvalue weighted by Crippen LogP contribution is -2.14. The summed E-state index contributed by atoms with van der Waals surface area (Å²) in [4.78, 5) is 0. The van der Waals surface area contributed by atoms with Gasteiger partial charge in [-0.25, -0.2) is 0 Å². The summed E-state index contributed by atoms with van der Waals surface area (Å²) < 4.78 is 0. The topological polar surface area (TPSA) is 72.3 Å². The van der Waals surface area contributed by atoms with Gasteiger partial charge in [0.05, 0.1) is 12.4 Å². The van der Waals surface area contributed by atoms with Gasteiger partial charge in [-0.05, 0) is 12.0 Å². The van der Waals surface area contributed by atoms with E-state index in [0.29, 0.717) is 0 Å². The minimum absolute atomic E-state index is 0.0177. The molecule has 0 aliphatic rings. The molecule has 0 aromatic carbocycles. The molecule has 0 saturated heterocycles. The molecule has 0 amide bonds. The van der Waals surface area contributed by atoms with Crippen LogP contribution in [0.2, 0.25) is 0 Å². The summed E-state index contributed by atoms with van der Waals surface area (Å²) in [6.45, 7) is 1.99. The van der Waals surface area contributed by atoms with Crippen LogP contribution in [0.4, 0.5) is 0 Å². The minimum atomic E-state index is -0.0177. The van der Waals surface area contributed by atoms with Crippen molar-refractivity contribution in [2.75, 3.05) is 6.61 Å². The Morgan fingerprint density at radius 3 is 2.11 bits per heavy atom. The maximum Gasteiger partial charge on any atom is 0.0948 e. The number of rotatable bonds is 3. The van der Waals surface area contributed by atoms with E-state index in [1.54, 1.807) is 0 Å². The van der Waals surface area contributed by atoms with E-state index in [4.69, 9.17) is 16.6 Å². The molecule has 0 aliphatic heterocycles. The largest absolute Gasteiger partial charge is 0.392 e. The summed E-state index contributed by atoms with van der Waals surface area (Å²) in [6, 6.07) is 0. The SMILES string of the molecule is CCCC(CO)=C(N)N. The van der Waals surface area contributed by atoms with Crippen LogP contribution < -0.4 is 11.5 Å². The fourth-order valence-electron chi connectivity index (χ4n) is 0.616. The number of nitrogens with two attached hydrogens (primary N) is 2. The van der Waals surface area contributed by atoms with Gasteiger partial charge in [-0.2, -0.15) is 0 Å². The Morgan fingerprint density at radius 1 is 1.44 bits per heavy atom. The van der Waals surface area contributed by atoms with Crippen LogP contribution in [0.3, 0.4) is 0 Å². The van der Waals surface area contributed by atoms with E-state index in [-0.39, 0.29) is 12.4 Å². The number of aliphatic hydroxyl groups excluding tert-OH is 1. The maximum atomic E-state index is 8.61. The molecular formula is C6H14N2O. The molecule has 0 unspecified atom stereocenters. The van der Waals surface area contributed by atoms with Gasteiger partial charge in [-0.15, -0.1) is 0 Å². The van der Waals surface area contributed by atoms with Crippen molar-refractivity contribution < 1.29 is 5.11 Å². The third-order valence-corrected chi connectivity index (χ3v) is 1.15. The third kappa shape index (κ3) is 2.98.